The Bertz CT molecular complexity index is 941. The van der Waals surface area contributed by atoms with E-state index in [1.165, 1.54) is 0 Å². The van der Waals surface area contributed by atoms with Gasteiger partial charge in [-0.3, -0.25) is 4.79 Å². The summed E-state index contributed by atoms with van der Waals surface area (Å²) >= 11 is 0. The fraction of sp³-hybridized carbons (Fsp3) is 0.286. The summed E-state index contributed by atoms with van der Waals surface area (Å²) in [6, 6.07) is 10.7. The fourth-order valence-electron chi connectivity index (χ4n) is 3.25. The van der Waals surface area contributed by atoms with Crippen LogP contribution in [0.3, 0.4) is 0 Å². The largest absolute Gasteiger partial charge is 0.493 e. The molecule has 0 saturated heterocycles. The van der Waals surface area contributed by atoms with E-state index in [1.54, 1.807) is 33.5 Å². The number of methoxy groups -OCH3 is 3. The Morgan fingerprint density at radius 3 is 2.39 bits per heavy atom. The van der Waals surface area contributed by atoms with Gasteiger partial charge in [-0.05, 0) is 29.3 Å². The van der Waals surface area contributed by atoms with Crippen molar-refractivity contribution in [2.75, 3.05) is 21.3 Å². The normalized spacial score (nSPS) is 12.0. The van der Waals surface area contributed by atoms with Crippen molar-refractivity contribution in [3.8, 4) is 17.2 Å². The molecule has 3 aromatic rings. The number of carbonyl (C=O) groups is 1. The Morgan fingerprint density at radius 2 is 1.79 bits per heavy atom. The van der Waals surface area contributed by atoms with Gasteiger partial charge in [-0.25, -0.2) is 0 Å². The fourth-order valence-corrected chi connectivity index (χ4v) is 3.25. The SMILES string of the molecule is COc1cc(CN[C@H](Cc2c[nH]c3ccccc23)C(=O)O)cc(OC)c1OC. The minimum absolute atomic E-state index is 0.343. The van der Waals surface area contributed by atoms with E-state index in [0.29, 0.717) is 30.2 Å². The Labute approximate surface area is 163 Å². The van der Waals surface area contributed by atoms with Gasteiger partial charge in [0.15, 0.2) is 11.5 Å². The van der Waals surface area contributed by atoms with Gasteiger partial charge in [-0.1, -0.05) is 18.2 Å². The molecular weight excluding hydrogens is 360 g/mol. The lowest BCUT2D eigenvalue weighted by Gasteiger charge is -2.17. The number of nitrogens with one attached hydrogen (secondary N) is 2. The number of carboxylic acids is 1. The molecule has 1 heterocycles. The molecule has 28 heavy (non-hydrogen) atoms. The maximum atomic E-state index is 11.8. The van der Waals surface area contributed by atoms with Crippen LogP contribution in [0.5, 0.6) is 17.2 Å². The Kier molecular flexibility index (Phi) is 6.06. The first-order valence-electron chi connectivity index (χ1n) is 8.87. The molecule has 0 saturated carbocycles. The molecule has 148 valence electrons. The molecule has 0 spiro atoms. The number of ether oxygens (including phenoxy) is 3. The van der Waals surface area contributed by atoms with Crippen LogP contribution < -0.4 is 19.5 Å². The second-order valence-electron chi connectivity index (χ2n) is 6.37. The lowest BCUT2D eigenvalue weighted by Crippen LogP contribution is -2.38. The van der Waals surface area contributed by atoms with Gasteiger partial charge in [-0.15, -0.1) is 0 Å². The molecule has 3 rings (SSSR count). The molecule has 0 fully saturated rings. The van der Waals surface area contributed by atoms with Gasteiger partial charge in [0.05, 0.1) is 21.3 Å². The first-order valence-corrected chi connectivity index (χ1v) is 8.87. The predicted octanol–water partition coefficient (Wildman–Crippen LogP) is 2.98. The first kappa shape index (κ1) is 19.6. The molecule has 0 aliphatic heterocycles. The third kappa shape index (κ3) is 4.04. The van der Waals surface area contributed by atoms with Gasteiger partial charge in [-0.2, -0.15) is 0 Å². The zero-order chi connectivity index (χ0) is 20.1. The van der Waals surface area contributed by atoms with Crippen LogP contribution in [0, 0.1) is 0 Å². The van der Waals surface area contributed by atoms with Crippen molar-refractivity contribution in [2.45, 2.75) is 19.0 Å². The average molecular weight is 384 g/mol. The number of hydrogen-bond donors (Lipinski definition) is 3. The van der Waals surface area contributed by atoms with E-state index < -0.39 is 12.0 Å². The van der Waals surface area contributed by atoms with E-state index in [4.69, 9.17) is 14.2 Å². The minimum atomic E-state index is -0.905. The number of carboxylic acid groups (broad SMARTS) is 1. The highest BCUT2D eigenvalue weighted by molar-refractivity contribution is 5.84. The quantitative estimate of drug-likeness (QED) is 0.525. The highest BCUT2D eigenvalue weighted by atomic mass is 16.5. The smallest absolute Gasteiger partial charge is 0.321 e. The van der Waals surface area contributed by atoms with Gasteiger partial charge in [0.1, 0.15) is 6.04 Å². The number of aromatic nitrogens is 1. The van der Waals surface area contributed by atoms with E-state index in [1.807, 2.05) is 30.5 Å². The summed E-state index contributed by atoms with van der Waals surface area (Å²) in [7, 11) is 4.64. The minimum Gasteiger partial charge on any atom is -0.493 e. The van der Waals surface area contributed by atoms with Crippen molar-refractivity contribution in [3.05, 3.63) is 53.7 Å². The second kappa shape index (κ2) is 8.67. The van der Waals surface area contributed by atoms with Crippen LogP contribution in [-0.4, -0.2) is 43.4 Å². The number of para-hydroxylation sites is 1. The van der Waals surface area contributed by atoms with Gasteiger partial charge in [0.25, 0.3) is 0 Å². The van der Waals surface area contributed by atoms with Crippen molar-refractivity contribution in [1.82, 2.24) is 10.3 Å². The van der Waals surface area contributed by atoms with E-state index >= 15 is 0 Å². The lowest BCUT2D eigenvalue weighted by atomic mass is 10.0. The van der Waals surface area contributed by atoms with Crippen LogP contribution >= 0.6 is 0 Å². The summed E-state index contributed by atoms with van der Waals surface area (Å²) in [6.45, 7) is 0.343. The first-order chi connectivity index (χ1) is 13.6. The predicted molar refractivity (Wildman–Crippen MR) is 106 cm³/mol. The van der Waals surface area contributed by atoms with E-state index in [9.17, 15) is 9.90 Å². The van der Waals surface area contributed by atoms with Gasteiger partial charge < -0.3 is 29.6 Å². The lowest BCUT2D eigenvalue weighted by molar-refractivity contribution is -0.139. The van der Waals surface area contributed by atoms with Crippen LogP contribution in [0.15, 0.2) is 42.6 Å². The highest BCUT2D eigenvalue weighted by Crippen LogP contribution is 2.38. The molecule has 7 heteroatoms. The van der Waals surface area contributed by atoms with Crippen LogP contribution in [0.2, 0.25) is 0 Å². The molecular formula is C21H24N2O5. The third-order valence-corrected chi connectivity index (χ3v) is 4.67. The summed E-state index contributed by atoms with van der Waals surface area (Å²) in [5.41, 5.74) is 2.78. The molecule has 0 unspecified atom stereocenters. The molecule has 0 amide bonds. The van der Waals surface area contributed by atoms with E-state index in [2.05, 4.69) is 10.3 Å². The van der Waals surface area contributed by atoms with Crippen molar-refractivity contribution in [1.29, 1.82) is 0 Å². The number of benzene rings is 2. The molecule has 2 aromatic carbocycles. The third-order valence-electron chi connectivity index (χ3n) is 4.67. The number of H-pyrrole nitrogens is 1. The number of aliphatic carboxylic acids is 1. The van der Waals surface area contributed by atoms with Gasteiger partial charge in [0, 0.05) is 30.1 Å². The Morgan fingerprint density at radius 1 is 1.11 bits per heavy atom. The van der Waals surface area contributed by atoms with Crippen molar-refractivity contribution in [2.24, 2.45) is 0 Å². The summed E-state index contributed by atoms with van der Waals surface area (Å²) in [5.74, 6) is 0.657. The van der Waals surface area contributed by atoms with Gasteiger partial charge >= 0.3 is 5.97 Å². The molecule has 0 aliphatic rings. The molecule has 7 nitrogen and oxygen atoms in total. The molecule has 0 bridgehead atoms. The zero-order valence-corrected chi connectivity index (χ0v) is 16.1. The van der Waals surface area contributed by atoms with Crippen molar-refractivity contribution >= 4 is 16.9 Å². The number of rotatable bonds is 9. The zero-order valence-electron chi connectivity index (χ0n) is 16.1. The van der Waals surface area contributed by atoms with Crippen molar-refractivity contribution in [3.63, 3.8) is 0 Å². The van der Waals surface area contributed by atoms with E-state index in [-0.39, 0.29) is 0 Å². The Hall–Kier alpha value is -3.19. The van der Waals surface area contributed by atoms with Crippen molar-refractivity contribution < 1.29 is 24.1 Å². The number of aromatic amines is 1. The van der Waals surface area contributed by atoms with Gasteiger partial charge in [0.2, 0.25) is 5.75 Å². The molecule has 0 radical (unpaired) electrons. The topological polar surface area (TPSA) is 92.8 Å². The molecule has 1 atom stereocenters. The average Bonchev–Trinajstić information content (AvgIpc) is 3.12. The summed E-state index contributed by atoms with van der Waals surface area (Å²) in [5, 5.41) is 13.8. The summed E-state index contributed by atoms with van der Waals surface area (Å²) in [6.07, 6.45) is 2.23. The van der Waals surface area contributed by atoms with Crippen LogP contribution in [0.1, 0.15) is 11.1 Å². The van der Waals surface area contributed by atoms with E-state index in [0.717, 1.165) is 22.0 Å². The maximum absolute atomic E-state index is 11.8. The van der Waals surface area contributed by atoms with Crippen LogP contribution in [0.4, 0.5) is 0 Å². The number of hydrogen-bond acceptors (Lipinski definition) is 5. The van der Waals surface area contributed by atoms with Crippen LogP contribution in [0.25, 0.3) is 10.9 Å². The Balaban J connectivity index is 1.78. The summed E-state index contributed by atoms with van der Waals surface area (Å²) in [4.78, 5) is 15.0. The number of fused-ring (bicyclic) bond motifs is 1. The van der Waals surface area contributed by atoms with Crippen LogP contribution in [-0.2, 0) is 17.8 Å². The monoisotopic (exact) mass is 384 g/mol. The standard InChI is InChI=1S/C21H24N2O5/c1-26-18-8-13(9-19(27-2)20(18)28-3)11-22-17(21(24)25)10-14-12-23-16-7-5-4-6-15(14)16/h4-9,12,17,22-23H,10-11H2,1-3H3,(H,24,25)/t17-/m1/s1. The highest BCUT2D eigenvalue weighted by Gasteiger charge is 2.20. The second-order valence-corrected chi connectivity index (χ2v) is 6.37. The summed E-state index contributed by atoms with van der Waals surface area (Å²) < 4.78 is 16.0. The molecule has 0 aliphatic carbocycles. The molecule has 1 aromatic heterocycles. The molecule has 3 N–H and O–H groups in total. The maximum Gasteiger partial charge on any atom is 0.321 e.